The highest BCUT2D eigenvalue weighted by molar-refractivity contribution is 4.81. The summed E-state index contributed by atoms with van der Waals surface area (Å²) in [7, 11) is 2.03. The Morgan fingerprint density at radius 2 is 2.14 bits per heavy atom. The van der Waals surface area contributed by atoms with Crippen molar-refractivity contribution in [2.75, 3.05) is 7.05 Å². The van der Waals surface area contributed by atoms with E-state index in [1.54, 1.807) is 0 Å². The first-order chi connectivity index (χ1) is 3.34. The van der Waals surface area contributed by atoms with Crippen molar-refractivity contribution in [3.8, 4) is 0 Å². The molecule has 0 bridgehead atoms. The molecule has 1 nitrogen and oxygen atoms in total. The maximum absolute atomic E-state index is 3.23. The smallest absolute Gasteiger partial charge is 0.00640 e. The molecule has 0 radical (unpaired) electrons. The Labute approximate surface area is 45.1 Å². The van der Waals surface area contributed by atoms with Gasteiger partial charge in [-0.1, -0.05) is 0 Å². The second-order valence-corrected chi connectivity index (χ2v) is 2.41. The third-order valence-corrected chi connectivity index (χ3v) is 1.78. The van der Waals surface area contributed by atoms with Gasteiger partial charge in [0, 0.05) is 6.04 Å². The molecule has 1 atom stereocenters. The second kappa shape index (κ2) is 1.83. The maximum atomic E-state index is 3.23. The van der Waals surface area contributed by atoms with E-state index in [-0.39, 0.29) is 0 Å². The highest BCUT2D eigenvalue weighted by Crippen LogP contribution is 2.31. The molecule has 1 rings (SSSR count). The quantitative estimate of drug-likeness (QED) is 0.544. The lowest BCUT2D eigenvalue weighted by Crippen LogP contribution is -2.22. The SMILES string of the molecule is CN[C@H](C)C1CC1. The van der Waals surface area contributed by atoms with Gasteiger partial charge in [-0.3, -0.25) is 0 Å². The predicted octanol–water partition coefficient (Wildman–Crippen LogP) is 1.00. The molecular weight excluding hydrogens is 86.1 g/mol. The number of rotatable bonds is 2. The summed E-state index contributed by atoms with van der Waals surface area (Å²) in [4.78, 5) is 0. The fraction of sp³-hybridized carbons (Fsp3) is 1.00. The van der Waals surface area contributed by atoms with Gasteiger partial charge in [-0.15, -0.1) is 0 Å². The molecule has 1 N–H and O–H groups in total. The number of hydrogen-bond acceptors (Lipinski definition) is 1. The first-order valence-electron chi connectivity index (χ1n) is 3.02. The van der Waals surface area contributed by atoms with Crippen molar-refractivity contribution in [1.82, 2.24) is 5.32 Å². The van der Waals surface area contributed by atoms with Gasteiger partial charge < -0.3 is 5.32 Å². The van der Waals surface area contributed by atoms with Gasteiger partial charge in [-0.2, -0.15) is 0 Å². The molecule has 0 unspecified atom stereocenters. The summed E-state index contributed by atoms with van der Waals surface area (Å²) in [5.74, 6) is 1.00. The summed E-state index contributed by atoms with van der Waals surface area (Å²) >= 11 is 0. The molecule has 0 heterocycles. The lowest BCUT2D eigenvalue weighted by molar-refractivity contribution is 0.546. The van der Waals surface area contributed by atoms with E-state index < -0.39 is 0 Å². The normalized spacial score (nSPS) is 24.9. The zero-order chi connectivity index (χ0) is 5.28. The number of nitrogens with one attached hydrogen (secondary N) is 1. The Morgan fingerprint density at radius 3 is 2.29 bits per heavy atom. The molecular formula is C6H13N. The van der Waals surface area contributed by atoms with Gasteiger partial charge >= 0.3 is 0 Å². The van der Waals surface area contributed by atoms with Crippen LogP contribution in [-0.2, 0) is 0 Å². The minimum Gasteiger partial charge on any atom is -0.317 e. The Kier molecular flexibility index (Phi) is 1.33. The van der Waals surface area contributed by atoms with E-state index in [1.165, 1.54) is 12.8 Å². The Balaban J connectivity index is 2.10. The second-order valence-electron chi connectivity index (χ2n) is 2.41. The van der Waals surface area contributed by atoms with Gasteiger partial charge in [0.1, 0.15) is 0 Å². The van der Waals surface area contributed by atoms with Gasteiger partial charge in [0.25, 0.3) is 0 Å². The Morgan fingerprint density at radius 1 is 1.57 bits per heavy atom. The van der Waals surface area contributed by atoms with Crippen LogP contribution in [0.2, 0.25) is 0 Å². The molecule has 0 spiro atoms. The predicted molar refractivity (Wildman–Crippen MR) is 31.2 cm³/mol. The van der Waals surface area contributed by atoms with Crippen LogP contribution in [0.25, 0.3) is 0 Å². The van der Waals surface area contributed by atoms with Crippen LogP contribution in [-0.4, -0.2) is 13.1 Å². The standard InChI is InChI=1S/C6H13N/c1-5(7-2)6-3-4-6/h5-7H,3-4H2,1-2H3/t5-/m1/s1. The number of hydrogen-bond donors (Lipinski definition) is 1. The third-order valence-electron chi connectivity index (χ3n) is 1.78. The molecule has 1 aliphatic rings. The van der Waals surface area contributed by atoms with Crippen LogP contribution < -0.4 is 5.32 Å². The van der Waals surface area contributed by atoms with E-state index in [4.69, 9.17) is 0 Å². The van der Waals surface area contributed by atoms with Crippen LogP contribution in [0.4, 0.5) is 0 Å². The molecule has 0 aromatic carbocycles. The fourth-order valence-electron chi connectivity index (χ4n) is 0.832. The zero-order valence-electron chi connectivity index (χ0n) is 5.07. The van der Waals surface area contributed by atoms with Crippen LogP contribution in [0.5, 0.6) is 0 Å². The van der Waals surface area contributed by atoms with Crippen LogP contribution in [0.3, 0.4) is 0 Å². The topological polar surface area (TPSA) is 12.0 Å². The van der Waals surface area contributed by atoms with E-state index in [0.29, 0.717) is 0 Å². The molecule has 0 aliphatic heterocycles. The van der Waals surface area contributed by atoms with Crippen LogP contribution in [0.1, 0.15) is 19.8 Å². The molecule has 0 aromatic heterocycles. The van der Waals surface area contributed by atoms with Crippen molar-refractivity contribution >= 4 is 0 Å². The van der Waals surface area contributed by atoms with Gasteiger partial charge in [-0.05, 0) is 32.7 Å². The summed E-state index contributed by atoms with van der Waals surface area (Å²) in [6.07, 6.45) is 2.89. The first kappa shape index (κ1) is 5.10. The summed E-state index contributed by atoms with van der Waals surface area (Å²) in [6, 6.07) is 0.764. The molecule has 1 aliphatic carbocycles. The Hall–Kier alpha value is -0.0400. The fourth-order valence-corrected chi connectivity index (χ4v) is 0.832. The molecule has 1 fully saturated rings. The first-order valence-corrected chi connectivity index (χ1v) is 3.02. The molecule has 7 heavy (non-hydrogen) atoms. The monoisotopic (exact) mass is 99.1 g/mol. The van der Waals surface area contributed by atoms with Gasteiger partial charge in [0.05, 0.1) is 0 Å². The van der Waals surface area contributed by atoms with E-state index in [0.717, 1.165) is 12.0 Å². The third kappa shape index (κ3) is 1.16. The molecule has 0 saturated heterocycles. The van der Waals surface area contributed by atoms with Gasteiger partial charge in [0.2, 0.25) is 0 Å². The highest BCUT2D eigenvalue weighted by Gasteiger charge is 2.26. The van der Waals surface area contributed by atoms with Gasteiger partial charge in [-0.25, -0.2) is 0 Å². The highest BCUT2D eigenvalue weighted by atomic mass is 14.9. The van der Waals surface area contributed by atoms with E-state index in [2.05, 4.69) is 12.2 Å². The summed E-state index contributed by atoms with van der Waals surface area (Å²) < 4.78 is 0. The van der Waals surface area contributed by atoms with E-state index in [9.17, 15) is 0 Å². The molecule has 42 valence electrons. The van der Waals surface area contributed by atoms with E-state index >= 15 is 0 Å². The van der Waals surface area contributed by atoms with E-state index in [1.807, 2.05) is 7.05 Å². The summed E-state index contributed by atoms with van der Waals surface area (Å²) in [6.45, 7) is 2.25. The zero-order valence-corrected chi connectivity index (χ0v) is 5.07. The average molecular weight is 99.2 g/mol. The van der Waals surface area contributed by atoms with Crippen LogP contribution in [0, 0.1) is 5.92 Å². The van der Waals surface area contributed by atoms with Gasteiger partial charge in [0.15, 0.2) is 0 Å². The molecule has 0 aromatic rings. The maximum Gasteiger partial charge on any atom is 0.00640 e. The van der Waals surface area contributed by atoms with Crippen molar-refractivity contribution in [3.63, 3.8) is 0 Å². The largest absolute Gasteiger partial charge is 0.317 e. The van der Waals surface area contributed by atoms with Crippen molar-refractivity contribution in [3.05, 3.63) is 0 Å². The average Bonchev–Trinajstić information content (AvgIpc) is 2.44. The minimum atomic E-state index is 0.764. The van der Waals surface area contributed by atoms with Crippen molar-refractivity contribution in [2.24, 2.45) is 5.92 Å². The van der Waals surface area contributed by atoms with Crippen molar-refractivity contribution in [1.29, 1.82) is 0 Å². The molecule has 1 saturated carbocycles. The van der Waals surface area contributed by atoms with Crippen LogP contribution in [0.15, 0.2) is 0 Å². The Bertz CT molecular complexity index is 57.2. The van der Waals surface area contributed by atoms with Crippen molar-refractivity contribution < 1.29 is 0 Å². The lowest BCUT2D eigenvalue weighted by Gasteiger charge is -2.04. The lowest BCUT2D eigenvalue weighted by atomic mass is 10.2. The minimum absolute atomic E-state index is 0.764. The van der Waals surface area contributed by atoms with Crippen LogP contribution >= 0.6 is 0 Å². The molecule has 0 amide bonds. The van der Waals surface area contributed by atoms with Crippen molar-refractivity contribution in [2.45, 2.75) is 25.8 Å². The summed E-state index contributed by atoms with van der Waals surface area (Å²) in [5, 5.41) is 3.23. The summed E-state index contributed by atoms with van der Waals surface area (Å²) in [5.41, 5.74) is 0. The molecule has 1 heteroatoms.